The number of hydrogen-bond donors (Lipinski definition) is 2. The molecule has 0 rings (SSSR count). The minimum absolute atomic E-state index is 0. The van der Waals surface area contributed by atoms with E-state index < -0.39 is 0 Å². The third kappa shape index (κ3) is 33.5. The van der Waals surface area contributed by atoms with Crippen LogP contribution in [0.5, 0.6) is 0 Å². The SMILES string of the molecule is C.C.CCC(C)O.CCC(O)CC. The van der Waals surface area contributed by atoms with E-state index in [0.29, 0.717) is 0 Å². The van der Waals surface area contributed by atoms with Gasteiger partial charge in [0.1, 0.15) is 0 Å². The summed E-state index contributed by atoms with van der Waals surface area (Å²) in [5, 5.41) is 17.0. The van der Waals surface area contributed by atoms with Crippen LogP contribution in [0.2, 0.25) is 0 Å². The van der Waals surface area contributed by atoms with Gasteiger partial charge in [0.05, 0.1) is 12.2 Å². The van der Waals surface area contributed by atoms with Crippen LogP contribution in [0.25, 0.3) is 0 Å². The fourth-order valence-corrected chi connectivity index (χ4v) is 0.289. The van der Waals surface area contributed by atoms with Crippen LogP contribution in [0.15, 0.2) is 0 Å². The first-order valence-corrected chi connectivity index (χ1v) is 4.44. The summed E-state index contributed by atoms with van der Waals surface area (Å²) in [5.74, 6) is 0. The molecule has 86 valence electrons. The van der Waals surface area contributed by atoms with Crippen molar-refractivity contribution in [3.63, 3.8) is 0 Å². The molecule has 0 spiro atoms. The summed E-state index contributed by atoms with van der Waals surface area (Å²) >= 11 is 0. The molecule has 0 aliphatic rings. The predicted molar refractivity (Wildman–Crippen MR) is 62.0 cm³/mol. The lowest BCUT2D eigenvalue weighted by molar-refractivity contribution is 0.166. The van der Waals surface area contributed by atoms with Crippen molar-refractivity contribution in [2.45, 2.75) is 74.0 Å². The summed E-state index contributed by atoms with van der Waals surface area (Å²) in [4.78, 5) is 0. The molecule has 0 saturated carbocycles. The zero-order chi connectivity index (χ0) is 9.28. The molecule has 0 aliphatic carbocycles. The largest absolute Gasteiger partial charge is 0.393 e. The number of aliphatic hydroxyl groups excluding tert-OH is 2. The quantitative estimate of drug-likeness (QED) is 0.724. The van der Waals surface area contributed by atoms with Crippen LogP contribution < -0.4 is 0 Å². The predicted octanol–water partition coefficient (Wildman–Crippen LogP) is 3.22. The third-order valence-corrected chi connectivity index (χ3v) is 1.53. The van der Waals surface area contributed by atoms with Crippen molar-refractivity contribution >= 4 is 0 Å². The van der Waals surface area contributed by atoms with Crippen LogP contribution in [0.4, 0.5) is 0 Å². The fraction of sp³-hybridized carbons (Fsp3) is 1.00. The van der Waals surface area contributed by atoms with Crippen LogP contribution in [0.3, 0.4) is 0 Å². The average molecular weight is 194 g/mol. The van der Waals surface area contributed by atoms with E-state index in [-0.39, 0.29) is 27.1 Å². The minimum Gasteiger partial charge on any atom is -0.393 e. The molecular formula is C11H30O2. The lowest BCUT2D eigenvalue weighted by atomic mass is 10.2. The third-order valence-electron chi connectivity index (χ3n) is 1.53. The van der Waals surface area contributed by atoms with Crippen molar-refractivity contribution in [1.29, 1.82) is 0 Å². The Hall–Kier alpha value is -0.0800. The Balaban J connectivity index is -0.0000000546. The lowest BCUT2D eigenvalue weighted by Crippen LogP contribution is -1.99. The summed E-state index contributed by atoms with van der Waals surface area (Å²) in [6.45, 7) is 7.69. The van der Waals surface area contributed by atoms with Crippen molar-refractivity contribution in [2.24, 2.45) is 0 Å². The summed E-state index contributed by atoms with van der Waals surface area (Å²) in [7, 11) is 0. The van der Waals surface area contributed by atoms with E-state index in [1.165, 1.54) is 0 Å². The second-order valence-corrected chi connectivity index (χ2v) is 2.73. The van der Waals surface area contributed by atoms with E-state index in [1.54, 1.807) is 6.92 Å². The van der Waals surface area contributed by atoms with Crippen LogP contribution in [0, 0.1) is 0 Å². The standard InChI is InChI=1S/C5H12O.C4H10O.2CH4/c1-3-5(6)4-2;1-3-4(2)5;;/h5-6H,3-4H2,1-2H3;4-5H,3H2,1-2H3;2*1H4. The highest BCUT2D eigenvalue weighted by Crippen LogP contribution is 1.92. The first kappa shape index (κ1) is 23.1. The first-order chi connectivity index (χ1) is 5.08. The molecule has 1 unspecified atom stereocenters. The van der Waals surface area contributed by atoms with Gasteiger partial charge in [0, 0.05) is 0 Å². The molecule has 0 bridgehead atoms. The van der Waals surface area contributed by atoms with E-state index in [0.717, 1.165) is 19.3 Å². The molecule has 2 N–H and O–H groups in total. The second kappa shape index (κ2) is 17.9. The number of rotatable bonds is 3. The van der Waals surface area contributed by atoms with Crippen LogP contribution in [-0.4, -0.2) is 22.4 Å². The molecule has 2 heteroatoms. The van der Waals surface area contributed by atoms with Crippen molar-refractivity contribution in [3.05, 3.63) is 0 Å². The topological polar surface area (TPSA) is 40.5 Å². The van der Waals surface area contributed by atoms with E-state index in [4.69, 9.17) is 10.2 Å². The molecule has 0 aromatic rings. The molecule has 0 radical (unpaired) electrons. The van der Waals surface area contributed by atoms with Gasteiger partial charge in [0.15, 0.2) is 0 Å². The number of aliphatic hydroxyl groups is 2. The molecule has 0 amide bonds. The van der Waals surface area contributed by atoms with Gasteiger partial charge in [-0.15, -0.1) is 0 Å². The maximum atomic E-state index is 8.67. The second-order valence-electron chi connectivity index (χ2n) is 2.73. The number of hydrogen-bond acceptors (Lipinski definition) is 2. The van der Waals surface area contributed by atoms with Gasteiger partial charge in [-0.1, -0.05) is 35.6 Å². The van der Waals surface area contributed by atoms with E-state index in [2.05, 4.69) is 0 Å². The zero-order valence-corrected chi connectivity index (χ0v) is 8.17. The zero-order valence-electron chi connectivity index (χ0n) is 8.17. The molecule has 0 heterocycles. The highest BCUT2D eigenvalue weighted by Gasteiger charge is 1.90. The Morgan fingerprint density at radius 3 is 1.08 bits per heavy atom. The van der Waals surface area contributed by atoms with Crippen LogP contribution >= 0.6 is 0 Å². The van der Waals surface area contributed by atoms with Crippen molar-refractivity contribution in [3.8, 4) is 0 Å². The Kier molecular flexibility index (Phi) is 31.7. The van der Waals surface area contributed by atoms with Crippen molar-refractivity contribution in [1.82, 2.24) is 0 Å². The highest BCUT2D eigenvalue weighted by atomic mass is 16.3. The minimum atomic E-state index is -0.116. The molecule has 2 nitrogen and oxygen atoms in total. The van der Waals surface area contributed by atoms with Gasteiger partial charge in [0.25, 0.3) is 0 Å². The molecular weight excluding hydrogens is 164 g/mol. The van der Waals surface area contributed by atoms with E-state index >= 15 is 0 Å². The molecule has 0 aliphatic heterocycles. The van der Waals surface area contributed by atoms with Gasteiger partial charge < -0.3 is 10.2 Å². The summed E-state index contributed by atoms with van der Waals surface area (Å²) < 4.78 is 0. The van der Waals surface area contributed by atoms with Gasteiger partial charge in [-0.25, -0.2) is 0 Å². The van der Waals surface area contributed by atoms with E-state index in [1.807, 2.05) is 20.8 Å². The van der Waals surface area contributed by atoms with Gasteiger partial charge in [-0.05, 0) is 26.2 Å². The molecule has 13 heavy (non-hydrogen) atoms. The smallest absolute Gasteiger partial charge is 0.0535 e. The lowest BCUT2D eigenvalue weighted by Gasteiger charge is -1.98. The Labute approximate surface area is 85.0 Å². The van der Waals surface area contributed by atoms with Crippen LogP contribution in [0.1, 0.15) is 61.8 Å². The molecule has 0 aromatic carbocycles. The van der Waals surface area contributed by atoms with E-state index in [9.17, 15) is 0 Å². The average Bonchev–Trinajstić information content (AvgIpc) is 2.04. The molecule has 0 aromatic heterocycles. The Morgan fingerprint density at radius 2 is 1.08 bits per heavy atom. The fourth-order valence-electron chi connectivity index (χ4n) is 0.289. The molecule has 0 saturated heterocycles. The first-order valence-electron chi connectivity index (χ1n) is 4.44. The highest BCUT2D eigenvalue weighted by molar-refractivity contribution is 4.43. The van der Waals surface area contributed by atoms with Gasteiger partial charge >= 0.3 is 0 Å². The maximum absolute atomic E-state index is 8.67. The Morgan fingerprint density at radius 1 is 0.846 bits per heavy atom. The van der Waals surface area contributed by atoms with Gasteiger partial charge in [-0.3, -0.25) is 0 Å². The van der Waals surface area contributed by atoms with Crippen molar-refractivity contribution < 1.29 is 10.2 Å². The maximum Gasteiger partial charge on any atom is 0.0535 e. The summed E-state index contributed by atoms with van der Waals surface area (Å²) in [6.07, 6.45) is 2.45. The Bertz CT molecular complexity index is 59.1. The van der Waals surface area contributed by atoms with Crippen LogP contribution in [-0.2, 0) is 0 Å². The monoisotopic (exact) mass is 194 g/mol. The van der Waals surface area contributed by atoms with Gasteiger partial charge in [-0.2, -0.15) is 0 Å². The summed E-state index contributed by atoms with van der Waals surface area (Å²) in [6, 6.07) is 0. The normalized spacial score (nSPS) is 10.4. The summed E-state index contributed by atoms with van der Waals surface area (Å²) in [5.41, 5.74) is 0. The molecule has 1 atom stereocenters. The van der Waals surface area contributed by atoms with Gasteiger partial charge in [0.2, 0.25) is 0 Å². The molecule has 0 fully saturated rings. The van der Waals surface area contributed by atoms with Crippen molar-refractivity contribution in [2.75, 3.05) is 0 Å².